The lowest BCUT2D eigenvalue weighted by atomic mass is 10.1. The molecule has 2 heterocycles. The smallest absolute Gasteiger partial charge is 0.336 e. The molecule has 0 aliphatic heterocycles. The van der Waals surface area contributed by atoms with Gasteiger partial charge in [0.2, 0.25) is 5.78 Å². The molecule has 1 N–H and O–H groups in total. The Hall–Kier alpha value is -3.15. The van der Waals surface area contributed by atoms with Crippen LogP contribution in [0, 0.1) is 20.8 Å². The minimum absolute atomic E-state index is 0.0869. The number of aromatic amines is 1. The van der Waals surface area contributed by atoms with E-state index in [1.807, 2.05) is 6.92 Å². The Morgan fingerprint density at radius 3 is 2.54 bits per heavy atom. The van der Waals surface area contributed by atoms with E-state index in [1.54, 1.807) is 32.0 Å². The number of aryl methyl sites for hydroxylation is 2. The number of ether oxygens (including phenoxy) is 1. The third-order valence-corrected chi connectivity index (χ3v) is 4.36. The SMILES string of the molecule is CC(=O)c1c(C)[nH]c(C(=O)COc2ccc3c(C)cc(=O)oc3c2)c1C. The van der Waals surface area contributed by atoms with Crippen molar-refractivity contribution in [1.82, 2.24) is 4.98 Å². The summed E-state index contributed by atoms with van der Waals surface area (Å²) in [7, 11) is 0. The molecule has 0 spiro atoms. The molecule has 3 aromatic rings. The van der Waals surface area contributed by atoms with Crippen molar-refractivity contribution in [2.75, 3.05) is 6.61 Å². The fourth-order valence-electron chi connectivity index (χ4n) is 3.17. The van der Waals surface area contributed by atoms with Gasteiger partial charge < -0.3 is 14.1 Å². The minimum atomic E-state index is -0.433. The van der Waals surface area contributed by atoms with E-state index in [4.69, 9.17) is 9.15 Å². The fraction of sp³-hybridized carbons (Fsp3) is 0.250. The maximum absolute atomic E-state index is 12.5. The summed E-state index contributed by atoms with van der Waals surface area (Å²) in [5.41, 5.74) is 2.99. The second kappa shape index (κ2) is 6.63. The van der Waals surface area contributed by atoms with Crippen LogP contribution in [0.15, 0.2) is 33.5 Å². The largest absolute Gasteiger partial charge is 0.485 e. The highest BCUT2D eigenvalue weighted by atomic mass is 16.5. The van der Waals surface area contributed by atoms with E-state index in [0.29, 0.717) is 33.8 Å². The van der Waals surface area contributed by atoms with Gasteiger partial charge >= 0.3 is 5.63 Å². The lowest BCUT2D eigenvalue weighted by Crippen LogP contribution is -2.13. The summed E-state index contributed by atoms with van der Waals surface area (Å²) in [4.78, 5) is 38.6. The molecule has 1 aromatic carbocycles. The number of nitrogens with one attached hydrogen (secondary N) is 1. The van der Waals surface area contributed by atoms with Crippen molar-refractivity contribution >= 4 is 22.5 Å². The molecule has 2 aromatic heterocycles. The summed E-state index contributed by atoms with van der Waals surface area (Å²) in [6.45, 7) is 6.60. The predicted octanol–water partition coefficient (Wildman–Crippen LogP) is 3.51. The molecular weight excluding hydrogens is 334 g/mol. The molecule has 6 heteroatoms. The van der Waals surface area contributed by atoms with Gasteiger partial charge in [0.05, 0.1) is 5.69 Å². The zero-order valence-corrected chi connectivity index (χ0v) is 15.1. The van der Waals surface area contributed by atoms with Gasteiger partial charge in [0.15, 0.2) is 12.4 Å². The molecule has 0 unspecified atom stereocenters. The van der Waals surface area contributed by atoms with E-state index in [9.17, 15) is 14.4 Å². The van der Waals surface area contributed by atoms with Gasteiger partial charge in [-0.25, -0.2) is 4.79 Å². The molecule has 26 heavy (non-hydrogen) atoms. The Kier molecular flexibility index (Phi) is 4.50. The molecule has 3 rings (SSSR count). The maximum Gasteiger partial charge on any atom is 0.336 e. The van der Waals surface area contributed by atoms with Gasteiger partial charge in [0, 0.05) is 28.8 Å². The van der Waals surface area contributed by atoms with Crippen LogP contribution in [0.4, 0.5) is 0 Å². The van der Waals surface area contributed by atoms with E-state index in [0.717, 1.165) is 10.9 Å². The molecular formula is C20H19NO5. The van der Waals surface area contributed by atoms with E-state index >= 15 is 0 Å². The highest BCUT2D eigenvalue weighted by molar-refractivity contribution is 6.03. The van der Waals surface area contributed by atoms with Crippen LogP contribution >= 0.6 is 0 Å². The van der Waals surface area contributed by atoms with Crippen molar-refractivity contribution in [3.8, 4) is 5.75 Å². The molecule has 0 bridgehead atoms. The Balaban J connectivity index is 1.82. The van der Waals surface area contributed by atoms with Crippen LogP contribution in [-0.2, 0) is 0 Å². The maximum atomic E-state index is 12.5. The predicted molar refractivity (Wildman–Crippen MR) is 97.3 cm³/mol. The third kappa shape index (κ3) is 3.18. The van der Waals surface area contributed by atoms with Crippen LogP contribution in [0.25, 0.3) is 11.0 Å². The topological polar surface area (TPSA) is 89.4 Å². The van der Waals surface area contributed by atoms with Crippen molar-refractivity contribution in [2.24, 2.45) is 0 Å². The number of ketones is 2. The van der Waals surface area contributed by atoms with Gasteiger partial charge in [-0.2, -0.15) is 0 Å². The Morgan fingerprint density at radius 1 is 1.15 bits per heavy atom. The first kappa shape index (κ1) is 17.7. The Bertz CT molecular complexity index is 1090. The summed E-state index contributed by atoms with van der Waals surface area (Å²) in [5.74, 6) is 0.0763. The number of aromatic nitrogens is 1. The van der Waals surface area contributed by atoms with Gasteiger partial charge in [-0.3, -0.25) is 9.59 Å². The number of H-pyrrole nitrogens is 1. The zero-order chi connectivity index (χ0) is 19.0. The summed E-state index contributed by atoms with van der Waals surface area (Å²) < 4.78 is 10.7. The van der Waals surface area contributed by atoms with E-state index in [-0.39, 0.29) is 18.2 Å². The molecule has 0 atom stereocenters. The quantitative estimate of drug-likeness (QED) is 0.560. The van der Waals surface area contributed by atoms with Crippen LogP contribution < -0.4 is 10.4 Å². The number of Topliss-reactive ketones (excluding diaryl/α,β-unsaturated/α-hetero) is 2. The minimum Gasteiger partial charge on any atom is -0.485 e. The molecule has 0 saturated carbocycles. The first-order valence-electron chi connectivity index (χ1n) is 8.18. The second-order valence-corrected chi connectivity index (χ2v) is 6.30. The number of benzene rings is 1. The standard InChI is InChI=1S/C20H19NO5/c1-10-7-18(24)26-17-8-14(5-6-15(10)17)25-9-16(23)20-11(2)19(13(4)22)12(3)21-20/h5-8,21H,9H2,1-4H3. The van der Waals surface area contributed by atoms with Crippen molar-refractivity contribution in [2.45, 2.75) is 27.7 Å². The van der Waals surface area contributed by atoms with Crippen LogP contribution in [0.2, 0.25) is 0 Å². The first-order chi connectivity index (χ1) is 12.3. The molecule has 0 aliphatic rings. The van der Waals surface area contributed by atoms with Crippen LogP contribution in [0.3, 0.4) is 0 Å². The molecule has 0 fully saturated rings. The lowest BCUT2D eigenvalue weighted by molar-refractivity contribution is 0.0916. The highest BCUT2D eigenvalue weighted by Gasteiger charge is 2.20. The van der Waals surface area contributed by atoms with Gasteiger partial charge in [-0.1, -0.05) is 0 Å². The van der Waals surface area contributed by atoms with Crippen molar-refractivity contribution in [3.05, 3.63) is 62.8 Å². The van der Waals surface area contributed by atoms with Crippen molar-refractivity contribution in [1.29, 1.82) is 0 Å². The summed E-state index contributed by atoms with van der Waals surface area (Å²) >= 11 is 0. The highest BCUT2D eigenvalue weighted by Crippen LogP contribution is 2.23. The number of hydrogen-bond donors (Lipinski definition) is 1. The number of carbonyl (C=O) groups excluding carboxylic acids is 2. The van der Waals surface area contributed by atoms with E-state index in [1.165, 1.54) is 13.0 Å². The zero-order valence-electron chi connectivity index (χ0n) is 15.1. The van der Waals surface area contributed by atoms with Crippen molar-refractivity contribution < 1.29 is 18.7 Å². The second-order valence-electron chi connectivity index (χ2n) is 6.30. The normalized spacial score (nSPS) is 10.9. The van der Waals surface area contributed by atoms with Crippen LogP contribution in [0.5, 0.6) is 5.75 Å². The van der Waals surface area contributed by atoms with Gasteiger partial charge in [0.1, 0.15) is 11.3 Å². The third-order valence-electron chi connectivity index (χ3n) is 4.36. The van der Waals surface area contributed by atoms with E-state index in [2.05, 4.69) is 4.98 Å². The average molecular weight is 353 g/mol. The van der Waals surface area contributed by atoms with Crippen LogP contribution in [-0.4, -0.2) is 23.2 Å². The average Bonchev–Trinajstić information content (AvgIpc) is 2.86. The number of fused-ring (bicyclic) bond motifs is 1. The molecule has 0 saturated heterocycles. The number of hydrogen-bond acceptors (Lipinski definition) is 5. The molecule has 0 aliphatic carbocycles. The molecule has 6 nitrogen and oxygen atoms in total. The van der Waals surface area contributed by atoms with Crippen LogP contribution in [0.1, 0.15) is 44.6 Å². The number of rotatable bonds is 5. The fourth-order valence-corrected chi connectivity index (χ4v) is 3.17. The Labute approximate surface area is 149 Å². The van der Waals surface area contributed by atoms with Gasteiger partial charge in [-0.15, -0.1) is 0 Å². The summed E-state index contributed by atoms with van der Waals surface area (Å²) in [5, 5.41) is 0.810. The molecule has 0 radical (unpaired) electrons. The summed E-state index contributed by atoms with van der Waals surface area (Å²) in [6, 6.07) is 6.52. The van der Waals surface area contributed by atoms with Gasteiger partial charge in [0.25, 0.3) is 0 Å². The summed E-state index contributed by atoms with van der Waals surface area (Å²) in [6.07, 6.45) is 0. The Morgan fingerprint density at radius 2 is 1.88 bits per heavy atom. The molecule has 0 amide bonds. The van der Waals surface area contributed by atoms with E-state index < -0.39 is 5.63 Å². The van der Waals surface area contributed by atoms with Gasteiger partial charge in [-0.05, 0) is 51.0 Å². The number of carbonyl (C=O) groups is 2. The molecule has 134 valence electrons. The first-order valence-corrected chi connectivity index (χ1v) is 8.18. The lowest BCUT2D eigenvalue weighted by Gasteiger charge is -2.07. The monoisotopic (exact) mass is 353 g/mol. The van der Waals surface area contributed by atoms with Crippen molar-refractivity contribution in [3.63, 3.8) is 0 Å².